The number of amides is 1. The summed E-state index contributed by atoms with van der Waals surface area (Å²) in [6.45, 7) is 3.66. The fourth-order valence-electron chi connectivity index (χ4n) is 5.73. The fraction of sp³-hybridized carbons (Fsp3) is 0.432. The number of carboxylic acids is 2. The quantitative estimate of drug-likeness (QED) is 0.136. The maximum atomic E-state index is 14.0. The summed E-state index contributed by atoms with van der Waals surface area (Å²) in [6, 6.07) is 17.5. The largest absolute Gasteiger partial charge is 0.494 e. The van der Waals surface area contributed by atoms with Gasteiger partial charge in [-0.05, 0) is 104 Å². The van der Waals surface area contributed by atoms with Crippen LogP contribution in [0.25, 0.3) is 11.1 Å². The van der Waals surface area contributed by atoms with Gasteiger partial charge >= 0.3 is 11.9 Å². The topological polar surface area (TPSA) is 125 Å². The number of aryl methyl sites for hydroxylation is 1. The van der Waals surface area contributed by atoms with Crippen molar-refractivity contribution in [3.05, 3.63) is 83.2 Å². The average Bonchev–Trinajstić information content (AvgIpc) is 3.35. The Balaban J connectivity index is 1.32. The number of nitrogens with one attached hydrogen (secondary N) is 1. The SMILES string of the molecule is O=C(O)CCCOc1cccc(CCCCCCOc2cc(C(=O)N3CCCNCC3)cc(-c3cccc(F)c3)c2)c1CCC(=O)O. The van der Waals surface area contributed by atoms with Crippen LogP contribution >= 0.6 is 0 Å². The number of carbonyl (C=O) groups is 3. The molecule has 1 fully saturated rings. The molecule has 4 rings (SSSR count). The molecule has 47 heavy (non-hydrogen) atoms. The molecule has 1 aliphatic rings. The molecule has 1 heterocycles. The van der Waals surface area contributed by atoms with Crippen molar-refractivity contribution >= 4 is 17.8 Å². The smallest absolute Gasteiger partial charge is 0.303 e. The Kier molecular flexibility index (Phi) is 14.0. The first kappa shape index (κ1) is 35.4. The summed E-state index contributed by atoms with van der Waals surface area (Å²) in [7, 11) is 0. The van der Waals surface area contributed by atoms with Gasteiger partial charge in [0.2, 0.25) is 0 Å². The number of hydrogen-bond donors (Lipinski definition) is 3. The third-order valence-electron chi connectivity index (χ3n) is 8.16. The molecule has 0 atom stereocenters. The van der Waals surface area contributed by atoms with Crippen molar-refractivity contribution in [1.29, 1.82) is 0 Å². The molecule has 0 aromatic heterocycles. The summed E-state index contributed by atoms with van der Waals surface area (Å²) >= 11 is 0. The molecule has 0 bridgehead atoms. The highest BCUT2D eigenvalue weighted by Gasteiger charge is 2.19. The molecule has 9 nitrogen and oxygen atoms in total. The number of unbranched alkanes of at least 4 members (excludes halogenated alkanes) is 3. The van der Waals surface area contributed by atoms with E-state index in [9.17, 15) is 23.9 Å². The zero-order valence-electron chi connectivity index (χ0n) is 26.8. The molecule has 252 valence electrons. The number of carbonyl (C=O) groups excluding carboxylic acids is 1. The number of benzene rings is 3. The molecule has 0 radical (unpaired) electrons. The summed E-state index contributed by atoms with van der Waals surface area (Å²) in [5, 5.41) is 21.5. The Morgan fingerprint density at radius 1 is 0.766 bits per heavy atom. The summed E-state index contributed by atoms with van der Waals surface area (Å²) < 4.78 is 26.0. The molecule has 1 saturated heterocycles. The molecule has 0 unspecified atom stereocenters. The number of rotatable bonds is 18. The maximum absolute atomic E-state index is 14.0. The number of ether oxygens (including phenoxy) is 2. The number of aliphatic carboxylic acids is 2. The van der Waals surface area contributed by atoms with Crippen LogP contribution in [-0.4, -0.2) is 72.4 Å². The van der Waals surface area contributed by atoms with Crippen molar-refractivity contribution in [3.63, 3.8) is 0 Å². The number of halogens is 1. The molecular formula is C37H45FN2O7. The van der Waals surface area contributed by atoms with E-state index in [1.54, 1.807) is 12.1 Å². The van der Waals surface area contributed by atoms with Crippen molar-refractivity contribution in [2.45, 2.75) is 64.2 Å². The van der Waals surface area contributed by atoms with Gasteiger partial charge in [0, 0.05) is 38.0 Å². The first-order valence-electron chi connectivity index (χ1n) is 16.5. The monoisotopic (exact) mass is 648 g/mol. The minimum absolute atomic E-state index is 0.0111. The van der Waals surface area contributed by atoms with Crippen LogP contribution in [0.5, 0.6) is 11.5 Å². The van der Waals surface area contributed by atoms with Gasteiger partial charge in [0.1, 0.15) is 17.3 Å². The minimum atomic E-state index is -0.881. The van der Waals surface area contributed by atoms with Crippen LogP contribution in [0.15, 0.2) is 60.7 Å². The highest BCUT2D eigenvalue weighted by Crippen LogP contribution is 2.29. The van der Waals surface area contributed by atoms with Crippen LogP contribution in [0.4, 0.5) is 4.39 Å². The molecule has 0 spiro atoms. The zero-order valence-corrected chi connectivity index (χ0v) is 26.8. The first-order chi connectivity index (χ1) is 22.8. The average molecular weight is 649 g/mol. The molecule has 10 heteroatoms. The Morgan fingerprint density at radius 2 is 1.55 bits per heavy atom. The van der Waals surface area contributed by atoms with Crippen molar-refractivity contribution in [2.24, 2.45) is 0 Å². The zero-order chi connectivity index (χ0) is 33.4. The molecule has 0 aliphatic carbocycles. The maximum Gasteiger partial charge on any atom is 0.303 e. The van der Waals surface area contributed by atoms with E-state index in [1.165, 1.54) is 12.1 Å². The van der Waals surface area contributed by atoms with Crippen LogP contribution in [0.2, 0.25) is 0 Å². The Bertz CT molecular complexity index is 1490. The van der Waals surface area contributed by atoms with Crippen LogP contribution in [-0.2, 0) is 22.4 Å². The molecule has 1 aliphatic heterocycles. The van der Waals surface area contributed by atoms with E-state index in [1.807, 2.05) is 41.3 Å². The molecule has 0 saturated carbocycles. The van der Waals surface area contributed by atoms with Crippen molar-refractivity contribution in [2.75, 3.05) is 39.4 Å². The summed E-state index contributed by atoms with van der Waals surface area (Å²) in [6.07, 6.45) is 5.97. The molecule has 1 amide bonds. The predicted octanol–water partition coefficient (Wildman–Crippen LogP) is 6.37. The van der Waals surface area contributed by atoms with E-state index >= 15 is 0 Å². The Hall–Kier alpha value is -4.44. The van der Waals surface area contributed by atoms with E-state index in [4.69, 9.17) is 14.6 Å². The van der Waals surface area contributed by atoms with Crippen LogP contribution in [0.1, 0.15) is 72.9 Å². The lowest BCUT2D eigenvalue weighted by Crippen LogP contribution is -2.34. The third kappa shape index (κ3) is 11.7. The van der Waals surface area contributed by atoms with E-state index in [2.05, 4.69) is 5.32 Å². The summed E-state index contributed by atoms with van der Waals surface area (Å²) in [5.74, 6) is -0.968. The lowest BCUT2D eigenvalue weighted by molar-refractivity contribution is -0.138. The van der Waals surface area contributed by atoms with Gasteiger partial charge in [0.15, 0.2) is 0 Å². The fourth-order valence-corrected chi connectivity index (χ4v) is 5.73. The Morgan fingerprint density at radius 3 is 2.36 bits per heavy atom. The second-order valence-electron chi connectivity index (χ2n) is 11.8. The number of nitrogens with zero attached hydrogens (tertiary/aromatic N) is 1. The molecule has 3 aromatic rings. The lowest BCUT2D eigenvalue weighted by atomic mass is 9.97. The second kappa shape index (κ2) is 18.6. The van der Waals surface area contributed by atoms with Crippen LogP contribution < -0.4 is 14.8 Å². The van der Waals surface area contributed by atoms with Crippen LogP contribution in [0, 0.1) is 5.82 Å². The van der Waals surface area contributed by atoms with Gasteiger partial charge in [-0.2, -0.15) is 0 Å². The third-order valence-corrected chi connectivity index (χ3v) is 8.16. The molecule has 3 N–H and O–H groups in total. The first-order valence-corrected chi connectivity index (χ1v) is 16.5. The highest BCUT2D eigenvalue weighted by atomic mass is 19.1. The van der Waals surface area contributed by atoms with Gasteiger partial charge in [-0.1, -0.05) is 37.1 Å². The molecular weight excluding hydrogens is 603 g/mol. The van der Waals surface area contributed by atoms with Gasteiger partial charge in [-0.3, -0.25) is 14.4 Å². The van der Waals surface area contributed by atoms with Crippen molar-refractivity contribution in [3.8, 4) is 22.6 Å². The number of carboxylic acid groups (broad SMARTS) is 2. The van der Waals surface area contributed by atoms with E-state index < -0.39 is 11.9 Å². The van der Waals surface area contributed by atoms with Crippen LogP contribution in [0.3, 0.4) is 0 Å². The number of hydrogen-bond acceptors (Lipinski definition) is 6. The van der Waals surface area contributed by atoms with E-state index in [-0.39, 0.29) is 31.2 Å². The van der Waals surface area contributed by atoms with Gasteiger partial charge in [0.05, 0.1) is 13.2 Å². The lowest BCUT2D eigenvalue weighted by Gasteiger charge is -2.21. The van der Waals surface area contributed by atoms with Gasteiger partial charge in [0.25, 0.3) is 5.91 Å². The standard InChI is InChI=1S/C37H45FN2O7/c38-31-12-5-11-28(24-31)29-23-30(37(45)40-19-8-17-39-18-20-40)26-32(25-29)46-21-4-2-1-3-9-27-10-6-13-34(33(27)15-16-36(43)44)47-22-7-14-35(41)42/h5-6,10-13,23-26,39H,1-4,7-9,14-22H2,(H,41,42)(H,43,44). The summed E-state index contributed by atoms with van der Waals surface area (Å²) in [4.78, 5) is 37.4. The van der Waals surface area contributed by atoms with Crippen molar-refractivity contribution in [1.82, 2.24) is 10.2 Å². The summed E-state index contributed by atoms with van der Waals surface area (Å²) in [5.41, 5.74) is 3.85. The van der Waals surface area contributed by atoms with E-state index in [0.717, 1.165) is 68.3 Å². The molecule has 3 aromatic carbocycles. The van der Waals surface area contributed by atoms with E-state index in [0.29, 0.717) is 55.2 Å². The van der Waals surface area contributed by atoms with Crippen molar-refractivity contribution < 1.29 is 38.5 Å². The highest BCUT2D eigenvalue weighted by molar-refractivity contribution is 5.96. The van der Waals surface area contributed by atoms with Gasteiger partial charge < -0.3 is 29.9 Å². The second-order valence-corrected chi connectivity index (χ2v) is 11.8. The van der Waals surface area contributed by atoms with Gasteiger partial charge in [-0.25, -0.2) is 4.39 Å². The minimum Gasteiger partial charge on any atom is -0.494 e. The Labute approximate surface area is 275 Å². The normalized spacial score (nSPS) is 13.2. The van der Waals surface area contributed by atoms with Gasteiger partial charge in [-0.15, -0.1) is 0 Å². The predicted molar refractivity (Wildman–Crippen MR) is 178 cm³/mol.